The second-order valence-corrected chi connectivity index (χ2v) is 7.68. The Kier molecular flexibility index (Phi) is 4.26. The van der Waals surface area contributed by atoms with Crippen LogP contribution in [0, 0.1) is 0 Å². The highest BCUT2D eigenvalue weighted by atomic mass is 16.2. The molecule has 0 N–H and O–H groups in total. The average Bonchev–Trinajstić information content (AvgIpc) is 3.61. The lowest BCUT2D eigenvalue weighted by Gasteiger charge is -2.36. The Hall–Kier alpha value is -3.29. The fourth-order valence-corrected chi connectivity index (χ4v) is 4.01. The van der Waals surface area contributed by atoms with E-state index in [0.717, 1.165) is 5.82 Å². The predicted molar refractivity (Wildman–Crippen MR) is 109 cm³/mol. The van der Waals surface area contributed by atoms with Gasteiger partial charge in [0.25, 0.3) is 11.5 Å². The number of aryl methyl sites for hydroxylation is 1. The van der Waals surface area contributed by atoms with E-state index in [1.165, 1.54) is 23.1 Å². The van der Waals surface area contributed by atoms with Gasteiger partial charge in [-0.05, 0) is 24.8 Å². The molecule has 8 nitrogen and oxygen atoms in total. The van der Waals surface area contributed by atoms with E-state index >= 15 is 0 Å². The Morgan fingerprint density at radius 2 is 1.79 bits per heavy atom. The SMILES string of the molecule is Cn1nc(C(=O)N2CCN(c3ncncc3C3CC3)CC2)c2ccccc2c1=O. The molecule has 29 heavy (non-hydrogen) atoms. The first kappa shape index (κ1) is 17.8. The van der Waals surface area contributed by atoms with Crippen LogP contribution in [0.15, 0.2) is 41.6 Å². The highest BCUT2D eigenvalue weighted by molar-refractivity contribution is 6.04. The van der Waals surface area contributed by atoms with Gasteiger partial charge in [0.05, 0.1) is 5.39 Å². The minimum absolute atomic E-state index is 0.137. The van der Waals surface area contributed by atoms with Crippen LogP contribution in [0.2, 0.25) is 0 Å². The van der Waals surface area contributed by atoms with Gasteiger partial charge in [-0.25, -0.2) is 14.6 Å². The minimum Gasteiger partial charge on any atom is -0.353 e. The summed E-state index contributed by atoms with van der Waals surface area (Å²) in [5, 5.41) is 5.40. The second-order valence-electron chi connectivity index (χ2n) is 7.68. The average molecular weight is 390 g/mol. The molecule has 0 unspecified atom stereocenters. The Morgan fingerprint density at radius 3 is 2.52 bits per heavy atom. The van der Waals surface area contributed by atoms with Crippen molar-refractivity contribution in [2.24, 2.45) is 7.05 Å². The molecule has 2 fully saturated rings. The Balaban J connectivity index is 1.38. The summed E-state index contributed by atoms with van der Waals surface area (Å²) in [5.74, 6) is 1.44. The van der Waals surface area contributed by atoms with Gasteiger partial charge >= 0.3 is 0 Å². The minimum atomic E-state index is -0.196. The number of fused-ring (bicyclic) bond motifs is 1. The van der Waals surface area contributed by atoms with Crippen LogP contribution in [0.3, 0.4) is 0 Å². The zero-order valence-corrected chi connectivity index (χ0v) is 16.3. The molecule has 2 aromatic heterocycles. The van der Waals surface area contributed by atoms with Crippen LogP contribution in [0.4, 0.5) is 5.82 Å². The highest BCUT2D eigenvalue weighted by Gasteiger charge is 2.31. The lowest BCUT2D eigenvalue weighted by atomic mass is 10.1. The summed E-state index contributed by atoms with van der Waals surface area (Å²) in [4.78, 5) is 38.3. The Morgan fingerprint density at radius 1 is 1.07 bits per heavy atom. The summed E-state index contributed by atoms with van der Waals surface area (Å²) in [6.45, 7) is 2.61. The monoisotopic (exact) mass is 390 g/mol. The maximum atomic E-state index is 13.2. The van der Waals surface area contributed by atoms with Gasteiger partial charge in [0.1, 0.15) is 12.1 Å². The first-order valence-corrected chi connectivity index (χ1v) is 9.93. The van der Waals surface area contributed by atoms with Crippen LogP contribution in [0.1, 0.15) is 34.8 Å². The largest absolute Gasteiger partial charge is 0.353 e. The Bertz CT molecular complexity index is 1150. The van der Waals surface area contributed by atoms with Crippen molar-refractivity contribution >= 4 is 22.5 Å². The van der Waals surface area contributed by atoms with Gasteiger partial charge in [0.2, 0.25) is 0 Å². The normalized spacial score (nSPS) is 17.0. The standard InChI is InChI=1S/C21H22N6O2/c1-25-20(28)16-5-3-2-4-15(16)18(24-25)21(29)27-10-8-26(9-11-27)19-17(14-6-7-14)12-22-13-23-19/h2-5,12-14H,6-11H2,1H3. The van der Waals surface area contributed by atoms with Crippen molar-refractivity contribution < 1.29 is 4.79 Å². The lowest BCUT2D eigenvalue weighted by Crippen LogP contribution is -2.49. The smallest absolute Gasteiger partial charge is 0.275 e. The van der Waals surface area contributed by atoms with Crippen LogP contribution in [0.25, 0.3) is 10.8 Å². The number of amides is 1. The molecule has 0 bridgehead atoms. The molecule has 1 aromatic carbocycles. The van der Waals surface area contributed by atoms with E-state index in [-0.39, 0.29) is 11.5 Å². The molecular weight excluding hydrogens is 368 g/mol. The third-order valence-electron chi connectivity index (χ3n) is 5.76. The van der Waals surface area contributed by atoms with Crippen molar-refractivity contribution in [1.82, 2.24) is 24.6 Å². The van der Waals surface area contributed by atoms with Crippen molar-refractivity contribution in [2.75, 3.05) is 31.1 Å². The molecule has 2 aliphatic rings. The van der Waals surface area contributed by atoms with Crippen molar-refractivity contribution in [3.05, 3.63) is 58.4 Å². The molecule has 1 amide bonds. The molecule has 5 rings (SSSR count). The highest BCUT2D eigenvalue weighted by Crippen LogP contribution is 2.43. The zero-order chi connectivity index (χ0) is 20.0. The van der Waals surface area contributed by atoms with Gasteiger partial charge < -0.3 is 9.80 Å². The summed E-state index contributed by atoms with van der Waals surface area (Å²) in [5.41, 5.74) is 1.35. The quantitative estimate of drug-likeness (QED) is 0.675. The fourth-order valence-electron chi connectivity index (χ4n) is 4.01. The van der Waals surface area contributed by atoms with Gasteiger partial charge in [-0.3, -0.25) is 9.59 Å². The summed E-state index contributed by atoms with van der Waals surface area (Å²) in [6, 6.07) is 7.15. The first-order chi connectivity index (χ1) is 14.1. The summed E-state index contributed by atoms with van der Waals surface area (Å²) >= 11 is 0. The van der Waals surface area contributed by atoms with E-state index in [1.807, 2.05) is 17.2 Å². The van der Waals surface area contributed by atoms with Gasteiger partial charge in [0.15, 0.2) is 5.69 Å². The topological polar surface area (TPSA) is 84.2 Å². The number of rotatable bonds is 3. The van der Waals surface area contributed by atoms with Gasteiger partial charge in [0, 0.05) is 50.4 Å². The van der Waals surface area contributed by atoms with E-state index in [4.69, 9.17) is 0 Å². The summed E-state index contributed by atoms with van der Waals surface area (Å²) < 4.78 is 1.24. The second kappa shape index (κ2) is 6.95. The molecule has 0 atom stereocenters. The van der Waals surface area contributed by atoms with E-state index in [0.29, 0.717) is 48.6 Å². The molecule has 3 heterocycles. The molecule has 3 aromatic rings. The third kappa shape index (κ3) is 3.14. The maximum absolute atomic E-state index is 13.2. The van der Waals surface area contributed by atoms with Crippen molar-refractivity contribution in [1.29, 1.82) is 0 Å². The number of hydrogen-bond acceptors (Lipinski definition) is 6. The molecule has 148 valence electrons. The zero-order valence-electron chi connectivity index (χ0n) is 16.3. The molecule has 8 heteroatoms. The first-order valence-electron chi connectivity index (χ1n) is 9.93. The van der Waals surface area contributed by atoms with Crippen LogP contribution in [-0.2, 0) is 7.05 Å². The van der Waals surface area contributed by atoms with E-state index in [9.17, 15) is 9.59 Å². The molecule has 1 saturated carbocycles. The molecule has 0 spiro atoms. The van der Waals surface area contributed by atoms with E-state index in [1.54, 1.807) is 31.6 Å². The number of carbonyl (C=O) groups is 1. The third-order valence-corrected chi connectivity index (χ3v) is 5.76. The number of nitrogens with zero attached hydrogens (tertiary/aromatic N) is 6. The molecule has 1 aliphatic carbocycles. The number of benzene rings is 1. The summed E-state index contributed by atoms with van der Waals surface area (Å²) in [7, 11) is 1.58. The van der Waals surface area contributed by atoms with Crippen LogP contribution in [-0.4, -0.2) is 56.7 Å². The molecular formula is C21H22N6O2. The predicted octanol–water partition coefficient (Wildman–Crippen LogP) is 1.56. The molecule has 0 radical (unpaired) electrons. The number of piperazine rings is 1. The number of aromatic nitrogens is 4. The van der Waals surface area contributed by atoms with Gasteiger partial charge in [-0.1, -0.05) is 18.2 Å². The van der Waals surface area contributed by atoms with Crippen molar-refractivity contribution in [3.63, 3.8) is 0 Å². The number of carbonyl (C=O) groups excluding carboxylic acids is 1. The van der Waals surface area contributed by atoms with Crippen molar-refractivity contribution in [3.8, 4) is 0 Å². The van der Waals surface area contributed by atoms with Crippen LogP contribution in [0.5, 0.6) is 0 Å². The molecule has 1 saturated heterocycles. The van der Waals surface area contributed by atoms with Gasteiger partial charge in [-0.15, -0.1) is 0 Å². The number of hydrogen-bond donors (Lipinski definition) is 0. The molecule has 1 aliphatic heterocycles. The van der Waals surface area contributed by atoms with Crippen LogP contribution < -0.4 is 10.5 Å². The van der Waals surface area contributed by atoms with E-state index < -0.39 is 0 Å². The fraction of sp³-hybridized carbons (Fsp3) is 0.381. The van der Waals surface area contributed by atoms with Crippen molar-refractivity contribution in [2.45, 2.75) is 18.8 Å². The maximum Gasteiger partial charge on any atom is 0.275 e. The Labute approximate surface area is 167 Å². The van der Waals surface area contributed by atoms with Gasteiger partial charge in [-0.2, -0.15) is 5.10 Å². The number of anilines is 1. The summed E-state index contributed by atoms with van der Waals surface area (Å²) in [6.07, 6.45) is 5.92. The lowest BCUT2D eigenvalue weighted by molar-refractivity contribution is 0.0740. The van der Waals surface area contributed by atoms with Crippen LogP contribution >= 0.6 is 0 Å². The van der Waals surface area contributed by atoms with E-state index in [2.05, 4.69) is 20.0 Å².